The maximum Gasteiger partial charge on any atom is 0.186 e. The molecule has 0 radical (unpaired) electrons. The van der Waals surface area contributed by atoms with Gasteiger partial charge in [-0.3, -0.25) is 4.79 Å². The van der Waals surface area contributed by atoms with Gasteiger partial charge in [0, 0.05) is 24.4 Å². The number of halogens is 1. The highest BCUT2D eigenvalue weighted by Gasteiger charge is 2.00. The quantitative estimate of drug-likeness (QED) is 0.761. The third-order valence-corrected chi connectivity index (χ3v) is 2.89. The number of thioether (sulfide) groups is 1. The first-order valence-corrected chi connectivity index (χ1v) is 5.88. The summed E-state index contributed by atoms with van der Waals surface area (Å²) >= 11 is 7.21. The van der Waals surface area contributed by atoms with Gasteiger partial charge < -0.3 is 0 Å². The van der Waals surface area contributed by atoms with Crippen LogP contribution in [0, 0.1) is 6.92 Å². The third kappa shape index (κ3) is 4.06. The fourth-order valence-corrected chi connectivity index (χ4v) is 1.76. The molecule has 1 rings (SSSR count). The largest absolute Gasteiger partial charge is 0.288 e. The van der Waals surface area contributed by atoms with Crippen molar-refractivity contribution in [1.29, 1.82) is 0 Å². The highest BCUT2D eigenvalue weighted by atomic mass is 35.5. The summed E-state index contributed by atoms with van der Waals surface area (Å²) < 4.78 is 0. The third-order valence-electron chi connectivity index (χ3n) is 1.83. The highest BCUT2D eigenvalue weighted by Crippen LogP contribution is 2.18. The lowest BCUT2D eigenvalue weighted by molar-refractivity contribution is -0.109. The Morgan fingerprint density at radius 2 is 2.40 bits per heavy atom. The molecule has 0 spiro atoms. The standard InChI is InChI=1S/C11H12ClNOS/c1-8-5-6-13-11(12)10(8)4-3-7-15-9(2)14/h3-6H,7H2,1-2H3. The molecular weight excluding hydrogens is 230 g/mol. The van der Waals surface area contributed by atoms with Crippen LogP contribution < -0.4 is 0 Å². The zero-order valence-electron chi connectivity index (χ0n) is 8.66. The fraction of sp³-hybridized carbons (Fsp3) is 0.273. The van der Waals surface area contributed by atoms with Crippen molar-refractivity contribution < 1.29 is 4.79 Å². The average molecular weight is 242 g/mol. The van der Waals surface area contributed by atoms with E-state index in [1.54, 1.807) is 13.1 Å². The Morgan fingerprint density at radius 1 is 1.67 bits per heavy atom. The number of hydrogen-bond donors (Lipinski definition) is 0. The molecule has 1 heterocycles. The van der Waals surface area contributed by atoms with Crippen LogP contribution in [0.15, 0.2) is 18.3 Å². The fourth-order valence-electron chi connectivity index (χ4n) is 1.07. The number of carbonyl (C=O) groups excluding carboxylic acids is 1. The zero-order chi connectivity index (χ0) is 11.3. The van der Waals surface area contributed by atoms with E-state index in [9.17, 15) is 4.79 Å². The van der Waals surface area contributed by atoms with Gasteiger partial charge in [0.05, 0.1) is 0 Å². The summed E-state index contributed by atoms with van der Waals surface area (Å²) in [5.74, 6) is 0.667. The van der Waals surface area contributed by atoms with Gasteiger partial charge in [-0.15, -0.1) is 0 Å². The van der Waals surface area contributed by atoms with Crippen LogP contribution >= 0.6 is 23.4 Å². The summed E-state index contributed by atoms with van der Waals surface area (Å²) in [6, 6.07) is 1.91. The molecule has 2 nitrogen and oxygen atoms in total. The lowest BCUT2D eigenvalue weighted by Gasteiger charge is -2.00. The summed E-state index contributed by atoms with van der Waals surface area (Å²) in [5, 5.41) is 0.618. The van der Waals surface area contributed by atoms with Gasteiger partial charge in [0.1, 0.15) is 5.15 Å². The van der Waals surface area contributed by atoms with Gasteiger partial charge in [-0.05, 0) is 18.6 Å². The van der Waals surface area contributed by atoms with E-state index in [1.165, 1.54) is 11.8 Å². The van der Waals surface area contributed by atoms with Crippen LogP contribution in [0.5, 0.6) is 0 Å². The van der Waals surface area contributed by atoms with Gasteiger partial charge in [0.2, 0.25) is 0 Å². The molecule has 0 aliphatic heterocycles. The molecule has 1 aromatic rings. The molecule has 0 aliphatic rings. The Kier molecular flexibility index (Phi) is 4.85. The normalized spacial score (nSPS) is 10.9. The lowest BCUT2D eigenvalue weighted by atomic mass is 10.1. The van der Waals surface area contributed by atoms with E-state index in [-0.39, 0.29) is 5.12 Å². The predicted octanol–water partition coefficient (Wildman–Crippen LogP) is 3.34. The van der Waals surface area contributed by atoms with Crippen LogP contribution in [-0.2, 0) is 4.79 Å². The minimum absolute atomic E-state index is 0.119. The molecule has 0 saturated heterocycles. The van der Waals surface area contributed by atoms with Crippen LogP contribution in [0.4, 0.5) is 0 Å². The van der Waals surface area contributed by atoms with Crippen molar-refractivity contribution in [3.8, 4) is 0 Å². The van der Waals surface area contributed by atoms with Gasteiger partial charge in [-0.2, -0.15) is 0 Å². The first kappa shape index (κ1) is 12.3. The summed E-state index contributed by atoms with van der Waals surface area (Å²) in [4.78, 5) is 14.7. The molecule has 0 bridgehead atoms. The number of carbonyl (C=O) groups is 1. The maximum atomic E-state index is 10.7. The Bertz CT molecular complexity index is 370. The van der Waals surface area contributed by atoms with E-state index in [0.717, 1.165) is 11.1 Å². The predicted molar refractivity (Wildman–Crippen MR) is 66.2 cm³/mol. The van der Waals surface area contributed by atoms with Crippen molar-refractivity contribution in [2.24, 2.45) is 0 Å². The Morgan fingerprint density at radius 3 is 3.00 bits per heavy atom. The second-order valence-corrected chi connectivity index (χ2v) is 4.59. The van der Waals surface area contributed by atoms with Gasteiger partial charge in [-0.1, -0.05) is 35.5 Å². The molecule has 80 valence electrons. The topological polar surface area (TPSA) is 30.0 Å². The Hall–Kier alpha value is -0.800. The van der Waals surface area contributed by atoms with Gasteiger partial charge in [0.15, 0.2) is 5.12 Å². The monoisotopic (exact) mass is 241 g/mol. The summed E-state index contributed by atoms with van der Waals surface area (Å²) in [5.41, 5.74) is 2.00. The number of hydrogen-bond acceptors (Lipinski definition) is 3. The Labute approximate surface area is 98.7 Å². The summed E-state index contributed by atoms with van der Waals surface area (Å²) in [6.07, 6.45) is 5.50. The minimum Gasteiger partial charge on any atom is -0.288 e. The number of nitrogens with zero attached hydrogens (tertiary/aromatic N) is 1. The highest BCUT2D eigenvalue weighted by molar-refractivity contribution is 8.13. The van der Waals surface area contributed by atoms with Crippen LogP contribution in [0.25, 0.3) is 6.08 Å². The van der Waals surface area contributed by atoms with Crippen molar-refractivity contribution in [2.75, 3.05) is 5.75 Å². The second-order valence-electron chi connectivity index (χ2n) is 3.04. The van der Waals surface area contributed by atoms with Gasteiger partial charge >= 0.3 is 0 Å². The number of pyridine rings is 1. The molecule has 15 heavy (non-hydrogen) atoms. The van der Waals surface area contributed by atoms with Gasteiger partial charge in [-0.25, -0.2) is 4.98 Å². The first-order chi connectivity index (χ1) is 7.11. The van der Waals surface area contributed by atoms with Crippen molar-refractivity contribution in [3.05, 3.63) is 34.6 Å². The van der Waals surface area contributed by atoms with Crippen LogP contribution in [0.2, 0.25) is 5.15 Å². The van der Waals surface area contributed by atoms with E-state index in [2.05, 4.69) is 4.98 Å². The Balaban J connectivity index is 2.67. The second kappa shape index (κ2) is 5.93. The molecule has 0 saturated carbocycles. The summed E-state index contributed by atoms with van der Waals surface area (Å²) in [6.45, 7) is 3.53. The lowest BCUT2D eigenvalue weighted by Crippen LogP contribution is -1.86. The molecule has 0 unspecified atom stereocenters. The summed E-state index contributed by atoms with van der Waals surface area (Å²) in [7, 11) is 0. The minimum atomic E-state index is 0.119. The van der Waals surface area contributed by atoms with Crippen molar-refractivity contribution in [1.82, 2.24) is 4.98 Å². The van der Waals surface area contributed by atoms with E-state index in [4.69, 9.17) is 11.6 Å². The van der Waals surface area contributed by atoms with E-state index in [0.29, 0.717) is 10.9 Å². The number of aromatic nitrogens is 1. The van der Waals surface area contributed by atoms with Gasteiger partial charge in [0.25, 0.3) is 0 Å². The van der Waals surface area contributed by atoms with Crippen molar-refractivity contribution >= 4 is 34.6 Å². The molecule has 0 aromatic carbocycles. The van der Waals surface area contributed by atoms with Crippen LogP contribution in [-0.4, -0.2) is 15.9 Å². The molecule has 0 aliphatic carbocycles. The molecule has 4 heteroatoms. The van der Waals surface area contributed by atoms with Crippen LogP contribution in [0.1, 0.15) is 18.1 Å². The van der Waals surface area contributed by atoms with Crippen molar-refractivity contribution in [2.45, 2.75) is 13.8 Å². The SMILES string of the molecule is CC(=O)SCC=Cc1c(C)ccnc1Cl. The zero-order valence-corrected chi connectivity index (χ0v) is 10.2. The smallest absolute Gasteiger partial charge is 0.186 e. The van der Waals surface area contributed by atoms with E-state index >= 15 is 0 Å². The van der Waals surface area contributed by atoms with Crippen molar-refractivity contribution in [3.63, 3.8) is 0 Å². The molecular formula is C11H12ClNOS. The maximum absolute atomic E-state index is 10.7. The van der Waals surface area contributed by atoms with E-state index < -0.39 is 0 Å². The number of aryl methyl sites for hydroxylation is 1. The molecule has 1 aromatic heterocycles. The van der Waals surface area contributed by atoms with Crippen LogP contribution in [0.3, 0.4) is 0 Å². The first-order valence-electron chi connectivity index (χ1n) is 4.52. The van der Waals surface area contributed by atoms with E-state index in [1.807, 2.05) is 25.1 Å². The molecule has 0 amide bonds. The molecule has 0 atom stereocenters. The number of rotatable bonds is 3. The molecule has 0 fully saturated rings. The average Bonchev–Trinajstić information content (AvgIpc) is 2.15. The molecule has 0 N–H and O–H groups in total.